The van der Waals surface area contributed by atoms with E-state index in [0.29, 0.717) is 0 Å². The third kappa shape index (κ3) is 1.77. The first kappa shape index (κ1) is 9.59. The van der Waals surface area contributed by atoms with Gasteiger partial charge in [-0.2, -0.15) is 0 Å². The van der Waals surface area contributed by atoms with Crippen molar-refractivity contribution in [3.05, 3.63) is 23.8 Å². The Kier molecular flexibility index (Phi) is 2.50. The first-order chi connectivity index (χ1) is 6.71. The molecule has 0 radical (unpaired) electrons. The van der Waals surface area contributed by atoms with Gasteiger partial charge in [0.05, 0.1) is 5.69 Å². The molecule has 1 aromatic rings. The average molecular weight is 191 g/mol. The van der Waals surface area contributed by atoms with Gasteiger partial charge in [-0.1, -0.05) is 6.92 Å². The summed E-state index contributed by atoms with van der Waals surface area (Å²) in [6.07, 6.45) is 4.31. The Hall–Kier alpha value is -0.960. The Morgan fingerprint density at radius 1 is 1.50 bits per heavy atom. The Balaban J connectivity index is 2.28. The molecule has 14 heavy (non-hydrogen) atoms. The SMILES string of the molecule is Cc1nccc([C@]2(C)CCCNC2)n1. The number of hydrogen-bond acceptors (Lipinski definition) is 3. The first-order valence-corrected chi connectivity index (χ1v) is 5.22. The molecule has 0 aliphatic carbocycles. The molecule has 1 saturated heterocycles. The lowest BCUT2D eigenvalue weighted by Gasteiger charge is -2.33. The number of aromatic nitrogens is 2. The summed E-state index contributed by atoms with van der Waals surface area (Å²) in [5, 5.41) is 3.43. The fourth-order valence-corrected chi connectivity index (χ4v) is 2.07. The number of rotatable bonds is 1. The van der Waals surface area contributed by atoms with Crippen molar-refractivity contribution >= 4 is 0 Å². The minimum atomic E-state index is 0.200. The van der Waals surface area contributed by atoms with Crippen LogP contribution < -0.4 is 5.32 Å². The first-order valence-electron chi connectivity index (χ1n) is 5.22. The van der Waals surface area contributed by atoms with E-state index >= 15 is 0 Å². The van der Waals surface area contributed by atoms with Crippen LogP contribution in [0, 0.1) is 6.92 Å². The van der Waals surface area contributed by atoms with Crippen LogP contribution in [0.5, 0.6) is 0 Å². The standard InChI is InChI=1S/C11H17N3/c1-9-13-7-4-10(14-9)11(2)5-3-6-12-8-11/h4,7,12H,3,5-6,8H2,1-2H3/t11-/m1/s1. The second-order valence-electron chi connectivity index (χ2n) is 4.33. The molecule has 0 spiro atoms. The maximum atomic E-state index is 4.52. The van der Waals surface area contributed by atoms with Crippen molar-refractivity contribution in [2.75, 3.05) is 13.1 Å². The van der Waals surface area contributed by atoms with E-state index in [0.717, 1.165) is 18.9 Å². The summed E-state index contributed by atoms with van der Waals surface area (Å²) in [5.41, 5.74) is 1.38. The Bertz CT molecular complexity index is 316. The Morgan fingerprint density at radius 3 is 3.00 bits per heavy atom. The molecule has 0 bridgehead atoms. The van der Waals surface area contributed by atoms with Crippen molar-refractivity contribution in [2.45, 2.75) is 32.1 Å². The molecule has 1 N–H and O–H groups in total. The molecule has 76 valence electrons. The van der Waals surface area contributed by atoms with Gasteiger partial charge >= 0.3 is 0 Å². The van der Waals surface area contributed by atoms with E-state index in [1.54, 1.807) is 0 Å². The van der Waals surface area contributed by atoms with E-state index in [2.05, 4.69) is 22.2 Å². The van der Waals surface area contributed by atoms with Crippen molar-refractivity contribution in [3.8, 4) is 0 Å². The van der Waals surface area contributed by atoms with Gasteiger partial charge < -0.3 is 5.32 Å². The number of nitrogens with one attached hydrogen (secondary N) is 1. The van der Waals surface area contributed by atoms with Gasteiger partial charge in [-0.15, -0.1) is 0 Å². The monoisotopic (exact) mass is 191 g/mol. The van der Waals surface area contributed by atoms with Crippen molar-refractivity contribution in [3.63, 3.8) is 0 Å². The number of hydrogen-bond donors (Lipinski definition) is 1. The maximum Gasteiger partial charge on any atom is 0.125 e. The largest absolute Gasteiger partial charge is 0.316 e. The summed E-state index contributed by atoms with van der Waals surface area (Å²) < 4.78 is 0. The number of piperidine rings is 1. The predicted octanol–water partition coefficient (Wildman–Crippen LogP) is 1.43. The fourth-order valence-electron chi connectivity index (χ4n) is 2.07. The van der Waals surface area contributed by atoms with Gasteiger partial charge in [0.25, 0.3) is 0 Å². The van der Waals surface area contributed by atoms with E-state index in [-0.39, 0.29) is 5.41 Å². The van der Waals surface area contributed by atoms with Gasteiger partial charge in [-0.05, 0) is 32.4 Å². The van der Waals surface area contributed by atoms with Crippen LogP contribution in [-0.2, 0) is 5.41 Å². The van der Waals surface area contributed by atoms with Gasteiger partial charge in [0.15, 0.2) is 0 Å². The third-order valence-corrected chi connectivity index (χ3v) is 2.99. The highest BCUT2D eigenvalue weighted by atomic mass is 14.9. The van der Waals surface area contributed by atoms with E-state index in [9.17, 15) is 0 Å². The van der Waals surface area contributed by atoms with E-state index < -0.39 is 0 Å². The van der Waals surface area contributed by atoms with E-state index in [1.165, 1.54) is 18.5 Å². The molecule has 1 aliphatic heterocycles. The van der Waals surface area contributed by atoms with Crippen LogP contribution in [0.1, 0.15) is 31.3 Å². The Labute approximate surface area is 85.0 Å². The van der Waals surface area contributed by atoms with Crippen LogP contribution in [0.3, 0.4) is 0 Å². The topological polar surface area (TPSA) is 37.8 Å². The van der Waals surface area contributed by atoms with Crippen LogP contribution >= 0.6 is 0 Å². The molecule has 0 amide bonds. The van der Waals surface area contributed by atoms with Crippen molar-refractivity contribution in [1.29, 1.82) is 0 Å². The van der Waals surface area contributed by atoms with Gasteiger partial charge in [-0.3, -0.25) is 0 Å². The van der Waals surface area contributed by atoms with Gasteiger partial charge in [0.1, 0.15) is 5.82 Å². The van der Waals surface area contributed by atoms with Crippen LogP contribution in [0.25, 0.3) is 0 Å². The van der Waals surface area contributed by atoms with Gasteiger partial charge in [-0.25, -0.2) is 9.97 Å². The minimum Gasteiger partial charge on any atom is -0.316 e. The summed E-state index contributed by atoms with van der Waals surface area (Å²) in [7, 11) is 0. The van der Waals surface area contributed by atoms with Crippen molar-refractivity contribution in [2.24, 2.45) is 0 Å². The zero-order valence-corrected chi connectivity index (χ0v) is 8.88. The lowest BCUT2D eigenvalue weighted by atomic mass is 9.79. The fraction of sp³-hybridized carbons (Fsp3) is 0.636. The minimum absolute atomic E-state index is 0.200. The molecule has 1 atom stereocenters. The lowest BCUT2D eigenvalue weighted by Crippen LogP contribution is -2.41. The Morgan fingerprint density at radius 2 is 2.36 bits per heavy atom. The van der Waals surface area contributed by atoms with E-state index in [1.807, 2.05) is 19.2 Å². The molecule has 1 fully saturated rings. The average Bonchev–Trinajstić information content (AvgIpc) is 2.19. The quantitative estimate of drug-likeness (QED) is 0.729. The highest BCUT2D eigenvalue weighted by Gasteiger charge is 2.29. The molecule has 3 heteroatoms. The molecular weight excluding hydrogens is 174 g/mol. The maximum absolute atomic E-state index is 4.52. The van der Waals surface area contributed by atoms with Crippen LogP contribution in [0.15, 0.2) is 12.3 Å². The second kappa shape index (κ2) is 3.65. The predicted molar refractivity (Wildman–Crippen MR) is 56.2 cm³/mol. The summed E-state index contributed by atoms with van der Waals surface area (Å²) in [6, 6.07) is 2.04. The smallest absolute Gasteiger partial charge is 0.125 e. The zero-order valence-electron chi connectivity index (χ0n) is 8.88. The number of aryl methyl sites for hydroxylation is 1. The molecule has 2 rings (SSSR count). The third-order valence-electron chi connectivity index (χ3n) is 2.99. The molecule has 0 saturated carbocycles. The summed E-state index contributed by atoms with van der Waals surface area (Å²) >= 11 is 0. The summed E-state index contributed by atoms with van der Waals surface area (Å²) in [4.78, 5) is 8.65. The van der Waals surface area contributed by atoms with Crippen LogP contribution in [0.2, 0.25) is 0 Å². The lowest BCUT2D eigenvalue weighted by molar-refractivity contribution is 0.331. The van der Waals surface area contributed by atoms with E-state index in [4.69, 9.17) is 0 Å². The molecule has 0 unspecified atom stereocenters. The second-order valence-corrected chi connectivity index (χ2v) is 4.33. The van der Waals surface area contributed by atoms with Crippen LogP contribution in [-0.4, -0.2) is 23.1 Å². The molecule has 2 heterocycles. The highest BCUT2D eigenvalue weighted by molar-refractivity contribution is 5.16. The summed E-state index contributed by atoms with van der Waals surface area (Å²) in [5.74, 6) is 0.870. The molecule has 1 aromatic heterocycles. The van der Waals surface area contributed by atoms with Crippen LogP contribution in [0.4, 0.5) is 0 Å². The van der Waals surface area contributed by atoms with Gasteiger partial charge in [0.2, 0.25) is 0 Å². The normalized spacial score (nSPS) is 27.6. The molecule has 0 aromatic carbocycles. The molecule has 1 aliphatic rings. The zero-order chi connectivity index (χ0) is 10.0. The van der Waals surface area contributed by atoms with Crippen molar-refractivity contribution < 1.29 is 0 Å². The highest BCUT2D eigenvalue weighted by Crippen LogP contribution is 2.28. The van der Waals surface area contributed by atoms with Gasteiger partial charge in [0, 0.05) is 18.2 Å². The number of nitrogens with zero attached hydrogens (tertiary/aromatic N) is 2. The summed E-state index contributed by atoms with van der Waals surface area (Å²) in [6.45, 7) is 6.40. The molecular formula is C11H17N3. The molecule has 3 nitrogen and oxygen atoms in total. The van der Waals surface area contributed by atoms with Crippen molar-refractivity contribution in [1.82, 2.24) is 15.3 Å².